The molecule has 10 heteroatoms. The van der Waals surface area contributed by atoms with E-state index in [1.807, 2.05) is 56.3 Å². The van der Waals surface area contributed by atoms with Gasteiger partial charge in [0.05, 0.1) is 12.6 Å². The number of aromatic nitrogens is 3. The lowest BCUT2D eigenvalue weighted by molar-refractivity contribution is 0.336. The van der Waals surface area contributed by atoms with Crippen LogP contribution in [0.2, 0.25) is 0 Å². The lowest BCUT2D eigenvalue weighted by Crippen LogP contribution is -2.39. The number of nitrogens with one attached hydrogen (secondary N) is 2. The van der Waals surface area contributed by atoms with Crippen LogP contribution in [0.3, 0.4) is 0 Å². The van der Waals surface area contributed by atoms with Gasteiger partial charge in [-0.2, -0.15) is 4.98 Å². The smallest absolute Gasteiger partial charge is 0.276 e. The summed E-state index contributed by atoms with van der Waals surface area (Å²) in [5, 5.41) is 11.6. The highest BCUT2D eigenvalue weighted by molar-refractivity contribution is 14.0. The Bertz CT molecular complexity index is 1190. The first-order chi connectivity index (χ1) is 15.7. The number of hydrogen-bond acceptors (Lipinski definition) is 7. The molecule has 0 saturated carbocycles. The van der Waals surface area contributed by atoms with Gasteiger partial charge in [-0.15, -0.1) is 24.0 Å². The van der Waals surface area contributed by atoms with E-state index in [4.69, 9.17) is 13.7 Å². The fraction of sp³-hybridized carbons (Fsp3) is 0.304. The van der Waals surface area contributed by atoms with Crippen molar-refractivity contribution in [2.45, 2.75) is 26.3 Å². The summed E-state index contributed by atoms with van der Waals surface area (Å²) in [6.07, 6.45) is 2.27. The molecular formula is C23H27IN6O3. The average Bonchev–Trinajstić information content (AvgIpc) is 3.47. The minimum atomic E-state index is -0.0935. The molecule has 1 unspecified atom stereocenters. The molecule has 3 heterocycles. The van der Waals surface area contributed by atoms with Crippen LogP contribution >= 0.6 is 24.0 Å². The molecule has 0 aliphatic rings. The van der Waals surface area contributed by atoms with Gasteiger partial charge in [-0.05, 0) is 38.1 Å². The monoisotopic (exact) mass is 562 g/mol. The molecule has 0 radical (unpaired) electrons. The lowest BCUT2D eigenvalue weighted by Gasteiger charge is -2.15. The highest BCUT2D eigenvalue weighted by atomic mass is 127. The van der Waals surface area contributed by atoms with Crippen LogP contribution in [0.4, 0.5) is 0 Å². The summed E-state index contributed by atoms with van der Waals surface area (Å²) in [6.45, 7) is 5.14. The van der Waals surface area contributed by atoms with Crippen molar-refractivity contribution in [2.24, 2.45) is 4.99 Å². The Morgan fingerprint density at radius 2 is 2.09 bits per heavy atom. The summed E-state index contributed by atoms with van der Waals surface area (Å²) in [5.41, 5.74) is 1.41. The molecule has 33 heavy (non-hydrogen) atoms. The quantitative estimate of drug-likeness (QED) is 0.185. The van der Waals surface area contributed by atoms with E-state index >= 15 is 0 Å². The molecule has 0 aliphatic carbocycles. The maximum atomic E-state index is 6.07. The predicted octanol–water partition coefficient (Wildman–Crippen LogP) is 4.36. The normalized spacial score (nSPS) is 12.3. The summed E-state index contributed by atoms with van der Waals surface area (Å²) in [5.74, 6) is 3.20. The first kappa shape index (κ1) is 24.5. The van der Waals surface area contributed by atoms with Gasteiger partial charge in [0.1, 0.15) is 11.5 Å². The van der Waals surface area contributed by atoms with Crippen LogP contribution in [-0.2, 0) is 6.42 Å². The SMILES string of the molecule is CCOc1cccc2cc(C(C)NC(=NC)NCCc3noc(-c4ccccn4)n3)oc12.I. The third kappa shape index (κ3) is 6.01. The van der Waals surface area contributed by atoms with E-state index in [9.17, 15) is 0 Å². The van der Waals surface area contributed by atoms with Crippen molar-refractivity contribution >= 4 is 40.9 Å². The molecular weight excluding hydrogens is 535 g/mol. The predicted molar refractivity (Wildman–Crippen MR) is 137 cm³/mol. The number of para-hydroxylation sites is 1. The number of hydrogen-bond donors (Lipinski definition) is 2. The molecule has 2 N–H and O–H groups in total. The van der Waals surface area contributed by atoms with E-state index in [1.54, 1.807) is 13.2 Å². The van der Waals surface area contributed by atoms with Crippen molar-refractivity contribution < 1.29 is 13.7 Å². The number of rotatable bonds is 8. The van der Waals surface area contributed by atoms with Gasteiger partial charge in [0.25, 0.3) is 5.89 Å². The van der Waals surface area contributed by atoms with Crippen molar-refractivity contribution in [3.8, 4) is 17.3 Å². The standard InChI is InChI=1S/C23H26N6O3.HI/c1-4-30-18-10-7-8-16-14-19(31-21(16)18)15(2)27-23(24-3)26-13-11-20-28-22(32-29-20)17-9-5-6-12-25-17;/h5-10,12,14-15H,4,11,13H2,1-3H3,(H2,24,26,27);1H. The third-order valence-corrected chi connectivity index (χ3v) is 4.82. The van der Waals surface area contributed by atoms with Crippen molar-refractivity contribution in [3.63, 3.8) is 0 Å². The second-order valence-corrected chi connectivity index (χ2v) is 7.10. The fourth-order valence-electron chi connectivity index (χ4n) is 3.25. The average molecular weight is 562 g/mol. The van der Waals surface area contributed by atoms with E-state index in [1.165, 1.54) is 0 Å². The molecule has 0 saturated heterocycles. The molecule has 0 amide bonds. The molecule has 9 nitrogen and oxygen atoms in total. The van der Waals surface area contributed by atoms with E-state index in [0.29, 0.717) is 42.9 Å². The van der Waals surface area contributed by atoms with Crippen molar-refractivity contribution in [3.05, 3.63) is 60.2 Å². The Hall–Kier alpha value is -3.15. The van der Waals surface area contributed by atoms with Gasteiger partial charge in [0.2, 0.25) is 0 Å². The van der Waals surface area contributed by atoms with Crippen molar-refractivity contribution in [2.75, 3.05) is 20.2 Å². The van der Waals surface area contributed by atoms with Crippen molar-refractivity contribution in [1.29, 1.82) is 0 Å². The number of aliphatic imine (C=N–C) groups is 1. The fourth-order valence-corrected chi connectivity index (χ4v) is 3.25. The second kappa shape index (κ2) is 11.6. The number of fused-ring (bicyclic) bond motifs is 1. The van der Waals surface area contributed by atoms with E-state index < -0.39 is 0 Å². The lowest BCUT2D eigenvalue weighted by atomic mass is 10.2. The molecule has 3 aromatic heterocycles. The molecule has 4 rings (SSSR count). The highest BCUT2D eigenvalue weighted by Gasteiger charge is 2.16. The van der Waals surface area contributed by atoms with Gasteiger partial charge in [0.15, 0.2) is 23.1 Å². The van der Waals surface area contributed by atoms with Crippen LogP contribution in [0.15, 0.2) is 62.6 Å². The number of halogens is 1. The number of pyridine rings is 1. The summed E-state index contributed by atoms with van der Waals surface area (Å²) in [6, 6.07) is 13.4. The van der Waals surface area contributed by atoms with Crippen LogP contribution < -0.4 is 15.4 Å². The Kier molecular flexibility index (Phi) is 8.64. The summed E-state index contributed by atoms with van der Waals surface area (Å²) >= 11 is 0. The molecule has 0 aliphatic heterocycles. The molecule has 0 spiro atoms. The van der Waals surface area contributed by atoms with E-state index in [-0.39, 0.29) is 30.0 Å². The Morgan fingerprint density at radius 1 is 1.21 bits per heavy atom. The largest absolute Gasteiger partial charge is 0.490 e. The first-order valence-electron chi connectivity index (χ1n) is 10.5. The van der Waals surface area contributed by atoms with Gasteiger partial charge in [-0.1, -0.05) is 23.4 Å². The summed E-state index contributed by atoms with van der Waals surface area (Å²) in [7, 11) is 1.72. The number of ether oxygens (including phenoxy) is 1. The Labute approximate surface area is 209 Å². The summed E-state index contributed by atoms with van der Waals surface area (Å²) < 4.78 is 17.0. The maximum Gasteiger partial charge on any atom is 0.276 e. The second-order valence-electron chi connectivity index (χ2n) is 7.10. The number of guanidine groups is 1. The maximum absolute atomic E-state index is 6.07. The third-order valence-electron chi connectivity index (χ3n) is 4.82. The molecule has 4 aromatic rings. The van der Waals surface area contributed by atoms with Gasteiger partial charge in [-0.25, -0.2) is 0 Å². The highest BCUT2D eigenvalue weighted by Crippen LogP contribution is 2.31. The van der Waals surface area contributed by atoms with Crippen LogP contribution in [0.1, 0.15) is 31.5 Å². The zero-order valence-electron chi connectivity index (χ0n) is 18.7. The van der Waals surface area contributed by atoms with Crippen LogP contribution in [0.5, 0.6) is 5.75 Å². The van der Waals surface area contributed by atoms with Gasteiger partial charge in [0, 0.05) is 31.6 Å². The van der Waals surface area contributed by atoms with Crippen LogP contribution in [-0.4, -0.2) is 41.3 Å². The van der Waals surface area contributed by atoms with Gasteiger partial charge < -0.3 is 24.3 Å². The van der Waals surface area contributed by atoms with Crippen LogP contribution in [0.25, 0.3) is 22.6 Å². The molecule has 1 atom stereocenters. The minimum absolute atomic E-state index is 0. The van der Waals surface area contributed by atoms with Gasteiger partial charge >= 0.3 is 0 Å². The first-order valence-corrected chi connectivity index (χ1v) is 10.5. The topological polar surface area (TPSA) is 111 Å². The van der Waals surface area contributed by atoms with Crippen molar-refractivity contribution in [1.82, 2.24) is 25.8 Å². The van der Waals surface area contributed by atoms with Crippen LogP contribution in [0, 0.1) is 0 Å². The number of furan rings is 1. The molecule has 174 valence electrons. The number of nitrogens with zero attached hydrogens (tertiary/aromatic N) is 4. The molecule has 1 aromatic carbocycles. The van der Waals surface area contributed by atoms with Gasteiger partial charge in [-0.3, -0.25) is 9.98 Å². The Balaban J connectivity index is 0.00000306. The number of benzene rings is 1. The Morgan fingerprint density at radius 3 is 2.85 bits per heavy atom. The molecule has 0 bridgehead atoms. The summed E-state index contributed by atoms with van der Waals surface area (Å²) in [4.78, 5) is 12.9. The van der Waals surface area contributed by atoms with E-state index in [0.717, 1.165) is 22.5 Å². The zero-order chi connectivity index (χ0) is 22.3. The van der Waals surface area contributed by atoms with E-state index in [2.05, 4.69) is 30.8 Å². The zero-order valence-corrected chi connectivity index (χ0v) is 21.1. The molecule has 0 fully saturated rings. The minimum Gasteiger partial charge on any atom is -0.490 e.